The van der Waals surface area contributed by atoms with Gasteiger partial charge in [0, 0.05) is 18.4 Å². The van der Waals surface area contributed by atoms with Crippen LogP contribution in [0.15, 0.2) is 17.2 Å². The van der Waals surface area contributed by atoms with Crippen molar-refractivity contribution >= 4 is 0 Å². The Bertz CT molecular complexity index is 502. The molecule has 0 amide bonds. The average molecular weight is 263 g/mol. The van der Waals surface area contributed by atoms with Gasteiger partial charge in [0.15, 0.2) is 0 Å². The Morgan fingerprint density at radius 2 is 2.11 bits per heavy atom. The largest absolute Gasteiger partial charge is 0.472 e. The van der Waals surface area contributed by atoms with Crippen molar-refractivity contribution in [2.45, 2.75) is 56.5 Å². The molecule has 0 radical (unpaired) electrons. The first kappa shape index (κ1) is 12.7. The maximum Gasteiger partial charge on any atom is 0.313 e. The van der Waals surface area contributed by atoms with Gasteiger partial charge in [0.05, 0.1) is 5.54 Å². The predicted molar refractivity (Wildman–Crippen MR) is 72.3 cm³/mol. The van der Waals surface area contributed by atoms with Crippen molar-refractivity contribution in [1.82, 2.24) is 9.55 Å². The molecule has 104 valence electrons. The lowest BCUT2D eigenvalue weighted by Gasteiger charge is -2.32. The zero-order chi connectivity index (χ0) is 13.3. The molecule has 0 unspecified atom stereocenters. The highest BCUT2D eigenvalue weighted by Gasteiger charge is 2.30. The Morgan fingerprint density at radius 1 is 1.37 bits per heavy atom. The lowest BCUT2D eigenvalue weighted by atomic mass is 9.83. The third-order valence-corrected chi connectivity index (χ3v) is 4.12. The van der Waals surface area contributed by atoms with Crippen LogP contribution in [0, 0.1) is 0 Å². The smallest absolute Gasteiger partial charge is 0.313 e. The van der Waals surface area contributed by atoms with Crippen LogP contribution in [0.3, 0.4) is 0 Å². The molecule has 19 heavy (non-hydrogen) atoms. The number of hydrogen-bond donors (Lipinski definition) is 1. The maximum atomic E-state index is 12.2. The molecule has 0 aliphatic heterocycles. The first-order chi connectivity index (χ1) is 9.18. The molecule has 1 aromatic rings. The first-order valence-electron chi connectivity index (χ1n) is 7.17. The predicted octanol–water partition coefficient (Wildman–Crippen LogP) is 1.62. The zero-order valence-electron chi connectivity index (χ0n) is 11.2. The van der Waals surface area contributed by atoms with Crippen LogP contribution in [0.1, 0.15) is 51.0 Å². The highest BCUT2D eigenvalue weighted by Crippen LogP contribution is 2.33. The number of rotatable bonds is 4. The van der Waals surface area contributed by atoms with Crippen molar-refractivity contribution in [2.24, 2.45) is 5.73 Å². The van der Waals surface area contributed by atoms with Crippen molar-refractivity contribution in [2.75, 3.05) is 6.61 Å². The SMILES string of the molecule is NC1(COc2nccn(C3CC3)c2=O)CCCCC1. The fourth-order valence-corrected chi connectivity index (χ4v) is 2.76. The summed E-state index contributed by atoms with van der Waals surface area (Å²) in [5.41, 5.74) is 5.90. The van der Waals surface area contributed by atoms with E-state index in [4.69, 9.17) is 10.5 Å². The van der Waals surface area contributed by atoms with Gasteiger partial charge in [-0.2, -0.15) is 0 Å². The van der Waals surface area contributed by atoms with E-state index in [1.807, 2.05) is 0 Å². The van der Waals surface area contributed by atoms with Crippen molar-refractivity contribution in [1.29, 1.82) is 0 Å². The molecule has 1 aromatic heterocycles. The summed E-state index contributed by atoms with van der Waals surface area (Å²) in [6, 6.07) is 0.347. The van der Waals surface area contributed by atoms with Crippen molar-refractivity contribution in [3.63, 3.8) is 0 Å². The Morgan fingerprint density at radius 3 is 2.79 bits per heavy atom. The van der Waals surface area contributed by atoms with Gasteiger partial charge in [-0.3, -0.25) is 4.79 Å². The molecule has 3 rings (SSSR count). The average Bonchev–Trinajstić information content (AvgIpc) is 3.23. The molecule has 2 saturated carbocycles. The number of hydrogen-bond acceptors (Lipinski definition) is 4. The van der Waals surface area contributed by atoms with Gasteiger partial charge in [-0.15, -0.1) is 0 Å². The summed E-state index contributed by atoms with van der Waals surface area (Å²) >= 11 is 0. The molecule has 2 aliphatic rings. The Kier molecular flexibility index (Phi) is 3.31. The van der Waals surface area contributed by atoms with Crippen LogP contribution >= 0.6 is 0 Å². The van der Waals surface area contributed by atoms with Gasteiger partial charge in [-0.1, -0.05) is 19.3 Å². The summed E-state index contributed by atoms with van der Waals surface area (Å²) in [7, 11) is 0. The van der Waals surface area contributed by atoms with Gasteiger partial charge in [0.25, 0.3) is 5.88 Å². The third-order valence-electron chi connectivity index (χ3n) is 4.12. The summed E-state index contributed by atoms with van der Waals surface area (Å²) in [6.07, 6.45) is 11.0. The van der Waals surface area contributed by atoms with E-state index in [0.29, 0.717) is 12.6 Å². The summed E-state index contributed by atoms with van der Waals surface area (Å²) in [4.78, 5) is 16.2. The minimum absolute atomic E-state index is 0.121. The molecule has 5 heteroatoms. The fourth-order valence-electron chi connectivity index (χ4n) is 2.76. The van der Waals surface area contributed by atoms with Gasteiger partial charge in [-0.25, -0.2) is 4.98 Å². The Hall–Kier alpha value is -1.36. The van der Waals surface area contributed by atoms with E-state index < -0.39 is 0 Å². The van der Waals surface area contributed by atoms with Gasteiger partial charge < -0.3 is 15.0 Å². The monoisotopic (exact) mass is 263 g/mol. The van der Waals surface area contributed by atoms with Crippen LogP contribution in [0.25, 0.3) is 0 Å². The van der Waals surface area contributed by atoms with E-state index in [9.17, 15) is 4.79 Å². The molecule has 2 N–H and O–H groups in total. The van der Waals surface area contributed by atoms with E-state index in [1.165, 1.54) is 6.42 Å². The minimum Gasteiger partial charge on any atom is -0.472 e. The van der Waals surface area contributed by atoms with Crippen molar-refractivity contribution in [3.05, 3.63) is 22.7 Å². The molecular formula is C14H21N3O2. The van der Waals surface area contributed by atoms with E-state index in [0.717, 1.165) is 38.5 Å². The van der Waals surface area contributed by atoms with Crippen LogP contribution < -0.4 is 16.0 Å². The van der Waals surface area contributed by atoms with Gasteiger partial charge in [0.1, 0.15) is 6.61 Å². The number of aromatic nitrogens is 2. The van der Waals surface area contributed by atoms with Crippen LogP contribution in [0.5, 0.6) is 5.88 Å². The van der Waals surface area contributed by atoms with Gasteiger partial charge >= 0.3 is 5.56 Å². The van der Waals surface area contributed by atoms with E-state index in [-0.39, 0.29) is 17.0 Å². The lowest BCUT2D eigenvalue weighted by molar-refractivity contribution is 0.166. The quantitative estimate of drug-likeness (QED) is 0.896. The van der Waals surface area contributed by atoms with Gasteiger partial charge in [0.2, 0.25) is 0 Å². The molecule has 2 aliphatic carbocycles. The molecule has 0 bridgehead atoms. The Balaban J connectivity index is 1.69. The number of ether oxygens (including phenoxy) is 1. The number of nitrogens with two attached hydrogens (primary N) is 1. The standard InChI is InChI=1S/C14H21N3O2/c15-14(6-2-1-3-7-14)10-19-12-13(18)17(9-8-16-12)11-4-5-11/h8-9,11H,1-7,10,15H2. The lowest BCUT2D eigenvalue weighted by Crippen LogP contribution is -2.47. The van der Waals surface area contributed by atoms with E-state index >= 15 is 0 Å². The molecule has 1 heterocycles. The van der Waals surface area contributed by atoms with Crippen molar-refractivity contribution < 1.29 is 4.74 Å². The molecule has 0 atom stereocenters. The molecule has 2 fully saturated rings. The summed E-state index contributed by atoms with van der Waals surface area (Å²) < 4.78 is 7.36. The molecule has 5 nitrogen and oxygen atoms in total. The van der Waals surface area contributed by atoms with Crippen LogP contribution in [0.4, 0.5) is 0 Å². The second-order valence-electron chi connectivity index (χ2n) is 5.89. The topological polar surface area (TPSA) is 70.1 Å². The third kappa shape index (κ3) is 2.81. The van der Waals surface area contributed by atoms with Crippen LogP contribution in [0.2, 0.25) is 0 Å². The highest BCUT2D eigenvalue weighted by atomic mass is 16.5. The molecule has 0 aromatic carbocycles. The highest BCUT2D eigenvalue weighted by molar-refractivity contribution is 5.07. The minimum atomic E-state index is -0.285. The van der Waals surface area contributed by atoms with Crippen molar-refractivity contribution in [3.8, 4) is 5.88 Å². The maximum absolute atomic E-state index is 12.2. The second-order valence-corrected chi connectivity index (χ2v) is 5.89. The van der Waals surface area contributed by atoms with E-state index in [2.05, 4.69) is 4.98 Å². The normalized spacial score (nSPS) is 22.2. The summed E-state index contributed by atoms with van der Waals surface area (Å²) in [5, 5.41) is 0. The van der Waals surface area contributed by atoms with Crippen LogP contribution in [-0.2, 0) is 0 Å². The molecule has 0 saturated heterocycles. The fraction of sp³-hybridized carbons (Fsp3) is 0.714. The zero-order valence-corrected chi connectivity index (χ0v) is 11.2. The molecule has 0 spiro atoms. The first-order valence-corrected chi connectivity index (χ1v) is 7.17. The summed E-state index contributed by atoms with van der Waals surface area (Å²) in [6.45, 7) is 0.393. The number of nitrogens with zero attached hydrogens (tertiary/aromatic N) is 2. The second kappa shape index (κ2) is 4.96. The van der Waals surface area contributed by atoms with Crippen LogP contribution in [-0.4, -0.2) is 21.7 Å². The van der Waals surface area contributed by atoms with E-state index in [1.54, 1.807) is 17.0 Å². The van der Waals surface area contributed by atoms with Gasteiger partial charge in [-0.05, 0) is 25.7 Å². The molecular weight excluding hydrogens is 242 g/mol. The Labute approximate surface area is 112 Å². The summed E-state index contributed by atoms with van der Waals surface area (Å²) in [5.74, 6) is 0.199.